The molecule has 2 rings (SSSR count). The molecule has 7 heteroatoms. The predicted molar refractivity (Wildman–Crippen MR) is 82.7 cm³/mol. The van der Waals surface area contributed by atoms with Crippen molar-refractivity contribution in [1.29, 1.82) is 0 Å². The summed E-state index contributed by atoms with van der Waals surface area (Å²) in [4.78, 5) is 24.5. The molecule has 1 aromatic carbocycles. The summed E-state index contributed by atoms with van der Waals surface area (Å²) >= 11 is 1.53. The molecule has 0 saturated heterocycles. The zero-order valence-electron chi connectivity index (χ0n) is 12.4. The molecule has 1 aliphatic heterocycles. The quantitative estimate of drug-likeness (QED) is 0.805. The Morgan fingerprint density at radius 1 is 1.27 bits per heavy atom. The highest BCUT2D eigenvalue weighted by Gasteiger charge is 2.13. The summed E-state index contributed by atoms with van der Waals surface area (Å²) < 4.78 is 11.2. The summed E-state index contributed by atoms with van der Waals surface area (Å²) in [6, 6.07) is 5.72. The van der Waals surface area contributed by atoms with Crippen molar-refractivity contribution >= 4 is 23.6 Å². The number of hydrogen-bond donors (Lipinski definition) is 1. The van der Waals surface area contributed by atoms with Crippen LogP contribution in [0.15, 0.2) is 23.1 Å². The van der Waals surface area contributed by atoms with Crippen LogP contribution in [0.1, 0.15) is 12.8 Å². The van der Waals surface area contributed by atoms with Crippen molar-refractivity contribution in [3.8, 4) is 11.5 Å². The molecule has 0 unspecified atom stereocenters. The Balaban J connectivity index is 1.83. The third kappa shape index (κ3) is 4.84. The van der Waals surface area contributed by atoms with E-state index in [1.807, 2.05) is 18.2 Å². The highest BCUT2D eigenvalue weighted by molar-refractivity contribution is 7.99. The van der Waals surface area contributed by atoms with Gasteiger partial charge in [0, 0.05) is 30.5 Å². The molecular formula is C15H19NO5S. The molecule has 1 heterocycles. The van der Waals surface area contributed by atoms with Crippen LogP contribution in [0.4, 0.5) is 0 Å². The van der Waals surface area contributed by atoms with Crippen LogP contribution in [0, 0.1) is 0 Å². The Labute approximate surface area is 133 Å². The Morgan fingerprint density at radius 3 is 2.73 bits per heavy atom. The van der Waals surface area contributed by atoms with E-state index >= 15 is 0 Å². The van der Waals surface area contributed by atoms with Crippen LogP contribution in [0.2, 0.25) is 0 Å². The Morgan fingerprint density at radius 2 is 2.00 bits per heavy atom. The fraction of sp³-hybridized carbons (Fsp3) is 0.467. The van der Waals surface area contributed by atoms with Crippen molar-refractivity contribution in [1.82, 2.24) is 4.90 Å². The molecular weight excluding hydrogens is 306 g/mol. The van der Waals surface area contributed by atoms with Crippen molar-refractivity contribution in [2.75, 3.05) is 32.6 Å². The minimum absolute atomic E-state index is 0.177. The SMILES string of the molecule is CN(CC(=O)O)C(=O)CCSc1ccc2c(c1)OCCCO2. The highest BCUT2D eigenvalue weighted by atomic mass is 32.2. The molecule has 0 atom stereocenters. The summed E-state index contributed by atoms with van der Waals surface area (Å²) in [5.74, 6) is 0.884. The van der Waals surface area contributed by atoms with Crippen LogP contribution < -0.4 is 9.47 Å². The second-order valence-corrected chi connectivity index (χ2v) is 6.07. The number of amides is 1. The van der Waals surface area contributed by atoms with E-state index in [1.54, 1.807) is 0 Å². The van der Waals surface area contributed by atoms with Gasteiger partial charge in [-0.3, -0.25) is 9.59 Å². The van der Waals surface area contributed by atoms with Gasteiger partial charge in [0.25, 0.3) is 0 Å². The van der Waals surface area contributed by atoms with Gasteiger partial charge in [-0.2, -0.15) is 0 Å². The van der Waals surface area contributed by atoms with Crippen LogP contribution in [0.25, 0.3) is 0 Å². The molecule has 22 heavy (non-hydrogen) atoms. The first kappa shape index (κ1) is 16.5. The largest absolute Gasteiger partial charge is 0.490 e. The minimum atomic E-state index is -1.01. The van der Waals surface area contributed by atoms with Gasteiger partial charge in [-0.1, -0.05) is 0 Å². The molecule has 0 saturated carbocycles. The maximum absolute atomic E-state index is 11.8. The molecule has 1 amide bonds. The Kier molecular flexibility index (Phi) is 5.94. The number of carbonyl (C=O) groups is 2. The molecule has 0 bridgehead atoms. The van der Waals surface area contributed by atoms with Crippen LogP contribution in [0.3, 0.4) is 0 Å². The number of rotatable bonds is 6. The van der Waals surface area contributed by atoms with Gasteiger partial charge in [-0.15, -0.1) is 11.8 Å². The van der Waals surface area contributed by atoms with E-state index in [4.69, 9.17) is 14.6 Å². The lowest BCUT2D eigenvalue weighted by atomic mass is 10.3. The standard InChI is InChI=1S/C15H19NO5S/c1-16(10-15(18)19)14(17)5-8-22-11-3-4-12-13(9-11)21-7-2-6-20-12/h3-4,9H,2,5-8,10H2,1H3,(H,18,19). The first-order valence-corrected chi connectivity index (χ1v) is 8.03. The molecule has 1 aromatic rings. The van der Waals surface area contributed by atoms with Crippen LogP contribution >= 0.6 is 11.8 Å². The number of carboxylic acid groups (broad SMARTS) is 1. The summed E-state index contributed by atoms with van der Waals surface area (Å²) in [6.45, 7) is 1.02. The van der Waals surface area contributed by atoms with E-state index in [-0.39, 0.29) is 12.5 Å². The smallest absolute Gasteiger partial charge is 0.323 e. The highest BCUT2D eigenvalue weighted by Crippen LogP contribution is 2.34. The summed E-state index contributed by atoms with van der Waals surface area (Å²) in [7, 11) is 1.49. The number of carbonyl (C=O) groups excluding carboxylic acids is 1. The van der Waals surface area contributed by atoms with E-state index in [9.17, 15) is 9.59 Å². The van der Waals surface area contributed by atoms with Crippen LogP contribution in [-0.4, -0.2) is 54.4 Å². The molecule has 0 spiro atoms. The van der Waals surface area contributed by atoms with Crippen molar-refractivity contribution < 1.29 is 24.2 Å². The molecule has 6 nitrogen and oxygen atoms in total. The summed E-state index contributed by atoms with van der Waals surface area (Å²) in [6.07, 6.45) is 1.16. The number of likely N-dealkylation sites (N-methyl/N-ethyl adjacent to an activating group) is 1. The number of carboxylic acids is 1. The van der Waals surface area contributed by atoms with Gasteiger partial charge in [0.15, 0.2) is 11.5 Å². The first-order valence-electron chi connectivity index (χ1n) is 7.04. The first-order chi connectivity index (χ1) is 10.6. The van der Waals surface area contributed by atoms with Gasteiger partial charge >= 0.3 is 5.97 Å². The number of ether oxygens (including phenoxy) is 2. The maximum Gasteiger partial charge on any atom is 0.323 e. The number of fused-ring (bicyclic) bond motifs is 1. The Hall–Kier alpha value is -1.89. The number of nitrogens with zero attached hydrogens (tertiary/aromatic N) is 1. The average molecular weight is 325 g/mol. The molecule has 0 fully saturated rings. The number of hydrogen-bond acceptors (Lipinski definition) is 5. The second-order valence-electron chi connectivity index (χ2n) is 4.90. The van der Waals surface area contributed by atoms with Gasteiger partial charge in [-0.05, 0) is 18.2 Å². The Bertz CT molecular complexity index is 549. The zero-order valence-corrected chi connectivity index (χ0v) is 13.2. The zero-order chi connectivity index (χ0) is 15.9. The van der Waals surface area contributed by atoms with Gasteiger partial charge in [-0.25, -0.2) is 0 Å². The summed E-state index contributed by atoms with van der Waals surface area (Å²) in [5.41, 5.74) is 0. The normalized spacial score (nSPS) is 13.3. The molecule has 120 valence electrons. The maximum atomic E-state index is 11.8. The lowest BCUT2D eigenvalue weighted by Crippen LogP contribution is -2.32. The number of thioether (sulfide) groups is 1. The van der Waals surface area contributed by atoms with Crippen molar-refractivity contribution in [2.24, 2.45) is 0 Å². The van der Waals surface area contributed by atoms with Gasteiger partial charge in [0.05, 0.1) is 13.2 Å². The van der Waals surface area contributed by atoms with E-state index < -0.39 is 5.97 Å². The molecule has 0 aromatic heterocycles. The number of aliphatic carboxylic acids is 1. The molecule has 1 aliphatic rings. The van der Waals surface area contributed by atoms with E-state index in [1.165, 1.54) is 23.7 Å². The molecule has 0 radical (unpaired) electrons. The molecule has 1 N–H and O–H groups in total. The predicted octanol–water partition coefficient (Wildman–Crippen LogP) is 1.87. The van der Waals surface area contributed by atoms with Gasteiger partial charge in [0.2, 0.25) is 5.91 Å². The molecule has 0 aliphatic carbocycles. The fourth-order valence-corrected chi connectivity index (χ4v) is 2.84. The minimum Gasteiger partial charge on any atom is -0.490 e. The summed E-state index contributed by atoms with van der Waals surface area (Å²) in [5, 5.41) is 8.65. The third-order valence-electron chi connectivity index (χ3n) is 3.10. The van der Waals surface area contributed by atoms with Crippen molar-refractivity contribution in [3.05, 3.63) is 18.2 Å². The van der Waals surface area contributed by atoms with E-state index in [2.05, 4.69) is 0 Å². The van der Waals surface area contributed by atoms with Gasteiger partial charge in [0.1, 0.15) is 6.54 Å². The van der Waals surface area contributed by atoms with Crippen LogP contribution in [0.5, 0.6) is 11.5 Å². The van der Waals surface area contributed by atoms with E-state index in [0.717, 1.165) is 22.8 Å². The number of benzene rings is 1. The van der Waals surface area contributed by atoms with Gasteiger partial charge < -0.3 is 19.5 Å². The van der Waals surface area contributed by atoms with E-state index in [0.29, 0.717) is 25.4 Å². The lowest BCUT2D eigenvalue weighted by molar-refractivity contribution is -0.143. The second kappa shape index (κ2) is 7.93. The van der Waals surface area contributed by atoms with Crippen molar-refractivity contribution in [2.45, 2.75) is 17.7 Å². The third-order valence-corrected chi connectivity index (χ3v) is 4.10. The van der Waals surface area contributed by atoms with Crippen LogP contribution in [-0.2, 0) is 9.59 Å². The van der Waals surface area contributed by atoms with Crippen molar-refractivity contribution in [3.63, 3.8) is 0 Å². The topological polar surface area (TPSA) is 76.1 Å². The monoisotopic (exact) mass is 325 g/mol. The fourth-order valence-electron chi connectivity index (χ4n) is 1.97. The lowest BCUT2D eigenvalue weighted by Gasteiger charge is -2.14. The average Bonchev–Trinajstić information content (AvgIpc) is 2.71.